The molecule has 0 radical (unpaired) electrons. The van der Waals surface area contributed by atoms with Crippen molar-refractivity contribution in [2.75, 3.05) is 33.2 Å². The van der Waals surface area contributed by atoms with Gasteiger partial charge in [-0.2, -0.15) is 5.10 Å². The summed E-state index contributed by atoms with van der Waals surface area (Å²) >= 11 is 1.85. The molecule has 0 saturated carbocycles. The van der Waals surface area contributed by atoms with Gasteiger partial charge in [-0.3, -0.25) is 14.6 Å². The fraction of sp³-hybridized carbons (Fsp3) is 0.556. The minimum absolute atomic E-state index is 0.435. The highest BCUT2D eigenvalue weighted by atomic mass is 32.1. The third-order valence-electron chi connectivity index (χ3n) is 4.56. The maximum absolute atomic E-state index is 4.36. The van der Waals surface area contributed by atoms with E-state index in [0.29, 0.717) is 6.04 Å². The number of aromatic nitrogens is 2. The molecule has 1 unspecified atom stereocenters. The van der Waals surface area contributed by atoms with E-state index in [1.54, 1.807) is 0 Å². The van der Waals surface area contributed by atoms with Crippen LogP contribution in [-0.4, -0.2) is 53.9 Å². The fourth-order valence-electron chi connectivity index (χ4n) is 3.24. The highest BCUT2D eigenvalue weighted by Gasteiger charge is 2.24. The predicted octanol–water partition coefficient (Wildman–Crippen LogP) is 2.34. The molecule has 1 aliphatic heterocycles. The summed E-state index contributed by atoms with van der Waals surface area (Å²) in [7, 11) is 1.83. The SMILES string of the molecule is CN=C(NCCCn1cccn1)NCC(c1cccs1)N1CCCC1. The number of nitrogens with zero attached hydrogens (tertiary/aromatic N) is 4. The summed E-state index contributed by atoms with van der Waals surface area (Å²) in [6.07, 6.45) is 7.44. The summed E-state index contributed by atoms with van der Waals surface area (Å²) in [6.45, 7) is 5.08. The summed E-state index contributed by atoms with van der Waals surface area (Å²) in [4.78, 5) is 8.38. The molecule has 0 aromatic carbocycles. The quantitative estimate of drug-likeness (QED) is 0.431. The maximum atomic E-state index is 4.36. The molecule has 0 aliphatic carbocycles. The second-order valence-electron chi connectivity index (χ2n) is 6.28. The van der Waals surface area contributed by atoms with E-state index in [0.717, 1.165) is 32.0 Å². The second-order valence-corrected chi connectivity index (χ2v) is 7.26. The van der Waals surface area contributed by atoms with Crippen LogP contribution in [0.2, 0.25) is 0 Å². The average Bonchev–Trinajstić information content (AvgIpc) is 3.40. The molecule has 0 amide bonds. The zero-order valence-corrected chi connectivity index (χ0v) is 15.7. The third-order valence-corrected chi connectivity index (χ3v) is 5.53. The molecule has 2 aromatic heterocycles. The highest BCUT2D eigenvalue weighted by Crippen LogP contribution is 2.27. The first-order chi connectivity index (χ1) is 12.4. The van der Waals surface area contributed by atoms with Gasteiger partial charge in [0, 0.05) is 44.0 Å². The molecule has 3 rings (SSSR count). The lowest BCUT2D eigenvalue weighted by atomic mass is 10.2. The van der Waals surface area contributed by atoms with Gasteiger partial charge in [-0.25, -0.2) is 0 Å². The van der Waals surface area contributed by atoms with Gasteiger partial charge in [0.25, 0.3) is 0 Å². The van der Waals surface area contributed by atoms with E-state index in [1.807, 2.05) is 41.5 Å². The second kappa shape index (κ2) is 9.58. The first-order valence-electron chi connectivity index (χ1n) is 9.06. The highest BCUT2D eigenvalue weighted by molar-refractivity contribution is 7.10. The van der Waals surface area contributed by atoms with E-state index in [9.17, 15) is 0 Å². The van der Waals surface area contributed by atoms with Gasteiger partial charge in [0.15, 0.2) is 5.96 Å². The van der Waals surface area contributed by atoms with E-state index in [1.165, 1.54) is 30.8 Å². The number of guanidine groups is 1. The molecular formula is C18H28N6S. The van der Waals surface area contributed by atoms with Crippen LogP contribution in [-0.2, 0) is 6.54 Å². The normalized spacial score (nSPS) is 16.9. The largest absolute Gasteiger partial charge is 0.356 e. The minimum atomic E-state index is 0.435. The monoisotopic (exact) mass is 360 g/mol. The number of thiophene rings is 1. The van der Waals surface area contributed by atoms with Crippen LogP contribution in [0.4, 0.5) is 0 Å². The van der Waals surface area contributed by atoms with Crippen LogP contribution in [0.5, 0.6) is 0 Å². The fourth-order valence-corrected chi connectivity index (χ4v) is 4.10. The lowest BCUT2D eigenvalue weighted by Crippen LogP contribution is -2.42. The summed E-state index contributed by atoms with van der Waals surface area (Å²) in [5.74, 6) is 0.876. The lowest BCUT2D eigenvalue weighted by molar-refractivity contribution is 0.249. The number of aryl methyl sites for hydroxylation is 1. The van der Waals surface area contributed by atoms with Crippen molar-refractivity contribution in [1.29, 1.82) is 0 Å². The van der Waals surface area contributed by atoms with Crippen LogP contribution < -0.4 is 10.6 Å². The molecule has 2 N–H and O–H groups in total. The van der Waals surface area contributed by atoms with Crippen LogP contribution >= 0.6 is 11.3 Å². The molecule has 0 spiro atoms. The number of hydrogen-bond donors (Lipinski definition) is 2. The van der Waals surface area contributed by atoms with Crippen molar-refractivity contribution >= 4 is 17.3 Å². The van der Waals surface area contributed by atoms with E-state index >= 15 is 0 Å². The molecule has 6 nitrogen and oxygen atoms in total. The first kappa shape index (κ1) is 17.9. The Labute approximate surface area is 153 Å². The molecule has 2 aromatic rings. The number of aliphatic imine (C=N–C) groups is 1. The summed E-state index contributed by atoms with van der Waals surface area (Å²) in [5.41, 5.74) is 0. The maximum Gasteiger partial charge on any atom is 0.191 e. The predicted molar refractivity (Wildman–Crippen MR) is 104 cm³/mol. The van der Waals surface area contributed by atoms with Gasteiger partial charge in [-0.15, -0.1) is 11.3 Å². The van der Waals surface area contributed by atoms with Gasteiger partial charge in [0.05, 0.1) is 6.04 Å². The molecule has 1 atom stereocenters. The summed E-state index contributed by atoms with van der Waals surface area (Å²) in [5, 5.41) is 13.3. The van der Waals surface area contributed by atoms with Crippen molar-refractivity contribution in [2.45, 2.75) is 31.8 Å². The van der Waals surface area contributed by atoms with Crippen molar-refractivity contribution in [1.82, 2.24) is 25.3 Å². The number of rotatable bonds is 8. The van der Waals surface area contributed by atoms with Gasteiger partial charge >= 0.3 is 0 Å². The minimum Gasteiger partial charge on any atom is -0.356 e. The standard InChI is InChI=1S/C18H28N6S/c1-19-18(20-8-5-12-24-13-6-9-22-24)21-15-16(17-7-4-14-25-17)23-10-2-3-11-23/h4,6-7,9,13-14,16H,2-3,5,8,10-12,15H2,1H3,(H2,19,20,21). The molecule has 3 heterocycles. The van der Waals surface area contributed by atoms with Crippen LogP contribution in [0.3, 0.4) is 0 Å². The lowest BCUT2D eigenvalue weighted by Gasteiger charge is -2.27. The van der Waals surface area contributed by atoms with Crippen molar-refractivity contribution in [3.8, 4) is 0 Å². The smallest absolute Gasteiger partial charge is 0.191 e. The van der Waals surface area contributed by atoms with Crippen molar-refractivity contribution < 1.29 is 0 Å². The van der Waals surface area contributed by atoms with E-state index < -0.39 is 0 Å². The van der Waals surface area contributed by atoms with Gasteiger partial charge in [0.2, 0.25) is 0 Å². The van der Waals surface area contributed by atoms with Crippen LogP contribution in [0.25, 0.3) is 0 Å². The Morgan fingerprint density at radius 3 is 2.88 bits per heavy atom. The number of likely N-dealkylation sites (tertiary alicyclic amines) is 1. The summed E-state index contributed by atoms with van der Waals surface area (Å²) in [6, 6.07) is 6.78. The molecule has 7 heteroatoms. The summed E-state index contributed by atoms with van der Waals surface area (Å²) < 4.78 is 1.96. The molecule has 25 heavy (non-hydrogen) atoms. The molecule has 1 aliphatic rings. The number of hydrogen-bond acceptors (Lipinski definition) is 4. The van der Waals surface area contributed by atoms with E-state index in [2.05, 4.69) is 43.1 Å². The Hall–Kier alpha value is -1.86. The Kier molecular flexibility index (Phi) is 6.88. The van der Waals surface area contributed by atoms with Crippen LogP contribution in [0, 0.1) is 0 Å². The molecule has 136 valence electrons. The molecular weight excluding hydrogens is 332 g/mol. The zero-order valence-electron chi connectivity index (χ0n) is 14.9. The zero-order chi connectivity index (χ0) is 17.3. The number of nitrogens with one attached hydrogen (secondary N) is 2. The molecule has 0 bridgehead atoms. The van der Waals surface area contributed by atoms with Crippen molar-refractivity contribution in [3.05, 3.63) is 40.8 Å². The molecule has 1 saturated heterocycles. The van der Waals surface area contributed by atoms with Crippen LogP contribution in [0.1, 0.15) is 30.2 Å². The Morgan fingerprint density at radius 2 is 2.20 bits per heavy atom. The van der Waals surface area contributed by atoms with Crippen LogP contribution in [0.15, 0.2) is 41.0 Å². The molecule has 1 fully saturated rings. The van der Waals surface area contributed by atoms with Gasteiger partial charge in [0.1, 0.15) is 0 Å². The van der Waals surface area contributed by atoms with Gasteiger partial charge < -0.3 is 10.6 Å². The first-order valence-corrected chi connectivity index (χ1v) is 9.94. The Bertz CT molecular complexity index is 616. The Morgan fingerprint density at radius 1 is 1.32 bits per heavy atom. The van der Waals surface area contributed by atoms with E-state index in [4.69, 9.17) is 0 Å². The van der Waals surface area contributed by atoms with Gasteiger partial charge in [-0.05, 0) is 49.9 Å². The van der Waals surface area contributed by atoms with E-state index in [-0.39, 0.29) is 0 Å². The van der Waals surface area contributed by atoms with Crippen molar-refractivity contribution in [3.63, 3.8) is 0 Å². The third kappa shape index (κ3) is 5.31. The van der Waals surface area contributed by atoms with Crippen molar-refractivity contribution in [2.24, 2.45) is 4.99 Å². The average molecular weight is 361 g/mol. The Balaban J connectivity index is 1.45. The van der Waals surface area contributed by atoms with Gasteiger partial charge in [-0.1, -0.05) is 6.07 Å². The topological polar surface area (TPSA) is 57.5 Å².